The molecule has 2 heterocycles. The maximum Gasteiger partial charge on any atom is 0.431 e. The number of ether oxygens (including phenoxy) is 1. The molecule has 0 radical (unpaired) electrons. The Morgan fingerprint density at radius 3 is 2.08 bits per heavy atom. The molecule has 0 amide bonds. The number of hydrogen-bond acceptors (Lipinski definition) is 5. The fourth-order valence-corrected chi connectivity index (χ4v) is 4.05. The minimum absolute atomic E-state index is 0.168. The predicted octanol–water partition coefficient (Wildman–Crippen LogP) is 6.59. The summed E-state index contributed by atoms with van der Waals surface area (Å²) in [5.74, 6) is -1.89. The van der Waals surface area contributed by atoms with Crippen molar-refractivity contribution in [3.05, 3.63) is 78.0 Å². The molecule has 13 heteroatoms. The van der Waals surface area contributed by atoms with Gasteiger partial charge in [0.2, 0.25) is 5.88 Å². The number of aliphatic hydroxyl groups is 1. The van der Waals surface area contributed by atoms with Gasteiger partial charge in [-0.3, -0.25) is 5.01 Å². The Morgan fingerprint density at radius 2 is 1.55 bits per heavy atom. The fourth-order valence-electron chi connectivity index (χ4n) is 4.05. The Balaban J connectivity index is 1.75. The zero-order valence-electron chi connectivity index (χ0n) is 19.5. The normalized spacial score (nSPS) is 16.5. The van der Waals surface area contributed by atoms with Gasteiger partial charge in [-0.05, 0) is 36.2 Å². The first kappa shape index (κ1) is 27.3. The van der Waals surface area contributed by atoms with Gasteiger partial charge in [0, 0.05) is 30.3 Å². The van der Waals surface area contributed by atoms with E-state index >= 15 is 0 Å². The van der Waals surface area contributed by atoms with Gasteiger partial charge in [-0.1, -0.05) is 24.3 Å². The zero-order valence-corrected chi connectivity index (χ0v) is 19.5. The van der Waals surface area contributed by atoms with E-state index in [1.807, 2.05) is 0 Å². The highest BCUT2D eigenvalue weighted by Crippen LogP contribution is 2.49. The first-order valence-corrected chi connectivity index (χ1v) is 11.1. The second-order valence-electron chi connectivity index (χ2n) is 8.35. The molecule has 3 aromatic rings. The van der Waals surface area contributed by atoms with E-state index in [-0.39, 0.29) is 5.56 Å². The molecule has 1 atom stereocenters. The van der Waals surface area contributed by atoms with Crippen LogP contribution in [-0.4, -0.2) is 40.4 Å². The second kappa shape index (κ2) is 9.86. The van der Waals surface area contributed by atoms with Crippen LogP contribution < -0.4 is 9.75 Å². The molecule has 38 heavy (non-hydrogen) atoms. The summed E-state index contributed by atoms with van der Waals surface area (Å²) < 4.78 is 115. The van der Waals surface area contributed by atoms with Gasteiger partial charge in [0.25, 0.3) is 5.60 Å². The molecular weight excluding hydrogens is 526 g/mol. The third kappa shape index (κ3) is 4.89. The Bertz CT molecular complexity index is 1310. The Labute approximate surface area is 211 Å². The quantitative estimate of drug-likeness (QED) is 0.355. The SMILES string of the molecule is CCOc1ccc(-c2ccc(C3CC(C(O)(C(F)(F)F)C(F)(F)F)=NN3c3ccc(F)cc3F)cc2)cn1. The van der Waals surface area contributed by atoms with Crippen LogP contribution in [-0.2, 0) is 0 Å². The molecule has 1 N–H and O–H groups in total. The zero-order chi connectivity index (χ0) is 27.9. The second-order valence-corrected chi connectivity index (χ2v) is 8.35. The van der Waals surface area contributed by atoms with Crippen LogP contribution in [0.5, 0.6) is 5.88 Å². The summed E-state index contributed by atoms with van der Waals surface area (Å²) in [7, 11) is 0. The third-order valence-corrected chi connectivity index (χ3v) is 5.96. The summed E-state index contributed by atoms with van der Waals surface area (Å²) >= 11 is 0. The van der Waals surface area contributed by atoms with Gasteiger partial charge in [-0.15, -0.1) is 0 Å². The van der Waals surface area contributed by atoms with Gasteiger partial charge in [0.05, 0.1) is 24.0 Å². The van der Waals surface area contributed by atoms with Gasteiger partial charge in [-0.25, -0.2) is 13.8 Å². The van der Waals surface area contributed by atoms with Crippen molar-refractivity contribution in [1.82, 2.24) is 4.98 Å². The number of rotatable bonds is 6. The van der Waals surface area contributed by atoms with E-state index in [0.717, 1.165) is 12.1 Å². The lowest BCUT2D eigenvalue weighted by Crippen LogP contribution is -2.62. The molecular formula is C25H19F8N3O2. The van der Waals surface area contributed by atoms with E-state index in [9.17, 15) is 40.2 Å². The summed E-state index contributed by atoms with van der Waals surface area (Å²) in [5.41, 5.74) is -6.10. The van der Waals surface area contributed by atoms with Crippen molar-refractivity contribution < 1.29 is 45.0 Å². The fraction of sp³-hybridized carbons (Fsp3) is 0.280. The van der Waals surface area contributed by atoms with E-state index in [0.29, 0.717) is 34.7 Å². The largest absolute Gasteiger partial charge is 0.478 e. The molecule has 0 spiro atoms. The number of halogens is 8. The van der Waals surface area contributed by atoms with Crippen molar-refractivity contribution in [2.24, 2.45) is 5.10 Å². The summed E-state index contributed by atoms with van der Waals surface area (Å²) in [5, 5.41) is 13.9. The summed E-state index contributed by atoms with van der Waals surface area (Å²) in [6.07, 6.45) is -11.9. The van der Waals surface area contributed by atoms with Crippen LogP contribution in [0.15, 0.2) is 65.9 Å². The minimum atomic E-state index is -6.17. The van der Waals surface area contributed by atoms with Crippen molar-refractivity contribution in [3.63, 3.8) is 0 Å². The van der Waals surface area contributed by atoms with Crippen molar-refractivity contribution >= 4 is 11.4 Å². The lowest BCUT2D eigenvalue weighted by atomic mass is 9.89. The first-order chi connectivity index (χ1) is 17.8. The third-order valence-electron chi connectivity index (χ3n) is 5.96. The van der Waals surface area contributed by atoms with E-state index in [1.54, 1.807) is 31.2 Å². The van der Waals surface area contributed by atoms with E-state index in [4.69, 9.17) is 4.74 Å². The van der Waals surface area contributed by atoms with Gasteiger partial charge in [0.15, 0.2) is 5.82 Å². The molecule has 202 valence electrons. The molecule has 1 unspecified atom stereocenters. The lowest BCUT2D eigenvalue weighted by molar-refractivity contribution is -0.338. The van der Waals surface area contributed by atoms with Crippen LogP contribution in [0.25, 0.3) is 11.1 Å². The Morgan fingerprint density at radius 1 is 0.921 bits per heavy atom. The molecule has 2 aromatic carbocycles. The Hall–Kier alpha value is -3.74. The maximum atomic E-state index is 14.6. The first-order valence-electron chi connectivity index (χ1n) is 11.1. The molecule has 1 aliphatic rings. The molecule has 0 saturated carbocycles. The number of nitrogens with zero attached hydrogens (tertiary/aromatic N) is 3. The van der Waals surface area contributed by atoms with Crippen LogP contribution in [0, 0.1) is 11.6 Å². The molecule has 0 fully saturated rings. The predicted molar refractivity (Wildman–Crippen MR) is 122 cm³/mol. The monoisotopic (exact) mass is 545 g/mol. The standard InChI is InChI=1S/C25H19F8N3O2/c1-2-38-22-10-7-16(13-34-22)14-3-5-15(6-4-14)20-12-21(23(37,24(28,29)30)25(31,32)33)35-36(20)19-9-8-17(26)11-18(19)27/h3-11,13,20,37H,2,12H2,1H3. The highest BCUT2D eigenvalue weighted by atomic mass is 19.4. The summed E-state index contributed by atoms with van der Waals surface area (Å²) in [4.78, 5) is 4.13. The van der Waals surface area contributed by atoms with Crippen LogP contribution in [0.3, 0.4) is 0 Å². The lowest BCUT2D eigenvalue weighted by Gasteiger charge is -2.32. The van der Waals surface area contributed by atoms with Crippen LogP contribution >= 0.6 is 0 Å². The van der Waals surface area contributed by atoms with E-state index in [1.165, 1.54) is 18.3 Å². The highest BCUT2D eigenvalue weighted by Gasteiger charge is 2.74. The number of benzene rings is 2. The van der Waals surface area contributed by atoms with Crippen molar-refractivity contribution in [2.75, 3.05) is 11.6 Å². The molecule has 4 rings (SSSR count). The molecule has 1 aliphatic heterocycles. The van der Waals surface area contributed by atoms with Gasteiger partial charge in [-0.2, -0.15) is 31.4 Å². The number of hydrogen-bond donors (Lipinski definition) is 1. The topological polar surface area (TPSA) is 58.0 Å². The highest BCUT2D eigenvalue weighted by molar-refractivity contribution is 5.97. The molecule has 0 saturated heterocycles. The number of aromatic nitrogens is 1. The number of alkyl halides is 6. The van der Waals surface area contributed by atoms with Gasteiger partial charge >= 0.3 is 12.4 Å². The number of pyridine rings is 1. The maximum absolute atomic E-state index is 14.6. The molecule has 0 aliphatic carbocycles. The smallest absolute Gasteiger partial charge is 0.431 e. The summed E-state index contributed by atoms with van der Waals surface area (Å²) in [6, 6.07) is 9.92. The average molecular weight is 545 g/mol. The van der Waals surface area contributed by atoms with Crippen LogP contribution in [0.2, 0.25) is 0 Å². The van der Waals surface area contributed by atoms with Crippen molar-refractivity contribution in [1.29, 1.82) is 0 Å². The molecule has 1 aromatic heterocycles. The van der Waals surface area contributed by atoms with Crippen molar-refractivity contribution in [2.45, 2.75) is 37.3 Å². The van der Waals surface area contributed by atoms with Crippen molar-refractivity contribution in [3.8, 4) is 17.0 Å². The minimum Gasteiger partial charge on any atom is -0.478 e. The number of hydrazone groups is 1. The number of anilines is 1. The molecule has 5 nitrogen and oxygen atoms in total. The average Bonchev–Trinajstić information content (AvgIpc) is 3.28. The Kier molecular flexibility index (Phi) is 7.08. The molecule has 0 bridgehead atoms. The summed E-state index contributed by atoms with van der Waals surface area (Å²) in [6.45, 7) is 2.20. The van der Waals surface area contributed by atoms with E-state index in [2.05, 4.69) is 10.1 Å². The van der Waals surface area contributed by atoms with Gasteiger partial charge in [0.1, 0.15) is 5.82 Å². The van der Waals surface area contributed by atoms with Gasteiger partial charge < -0.3 is 9.84 Å². The van der Waals surface area contributed by atoms with Crippen LogP contribution in [0.4, 0.5) is 40.8 Å². The van der Waals surface area contributed by atoms with Crippen LogP contribution in [0.1, 0.15) is 24.9 Å². The van der Waals surface area contributed by atoms with E-state index < -0.39 is 53.4 Å².